The summed E-state index contributed by atoms with van der Waals surface area (Å²) >= 11 is 0. The molecule has 0 aliphatic carbocycles. The zero-order valence-electron chi connectivity index (χ0n) is 15.1. The van der Waals surface area contributed by atoms with E-state index >= 15 is 0 Å². The number of carboxylic acid groups (broad SMARTS) is 1. The molecule has 0 amide bonds. The molecule has 1 N–H and O–H groups in total. The zero-order chi connectivity index (χ0) is 18.6. The van der Waals surface area contributed by atoms with Crippen LogP contribution in [0.25, 0.3) is 0 Å². The molecule has 3 heteroatoms. The van der Waals surface area contributed by atoms with Crippen molar-refractivity contribution in [1.29, 1.82) is 0 Å². The van der Waals surface area contributed by atoms with Gasteiger partial charge in [-0.15, -0.1) is 0 Å². The molecule has 0 aromatic rings. The minimum atomic E-state index is -0.948. The highest BCUT2D eigenvalue weighted by molar-refractivity contribution is 5.91. The molecule has 0 atom stereocenters. The number of carbonyl (C=O) groups is 2. The number of hydrogen-bond donors (Lipinski definition) is 1. The lowest BCUT2D eigenvalue weighted by Crippen LogP contribution is -1.99. The third-order valence-corrected chi connectivity index (χ3v) is 3.11. The van der Waals surface area contributed by atoms with Crippen molar-refractivity contribution in [3.63, 3.8) is 0 Å². The first kappa shape index (κ1) is 22.6. The second-order valence-electron chi connectivity index (χ2n) is 5.38. The van der Waals surface area contributed by atoms with Gasteiger partial charge in [0.2, 0.25) is 0 Å². The summed E-state index contributed by atoms with van der Waals surface area (Å²) in [6, 6.07) is 0. The van der Waals surface area contributed by atoms with Gasteiger partial charge in [-0.05, 0) is 38.2 Å². The van der Waals surface area contributed by atoms with Crippen molar-refractivity contribution in [3.05, 3.63) is 72.9 Å². The Morgan fingerprint density at radius 3 is 1.64 bits per heavy atom. The summed E-state index contributed by atoms with van der Waals surface area (Å²) in [7, 11) is 0. The summed E-state index contributed by atoms with van der Waals surface area (Å²) in [5.41, 5.74) is 0. The van der Waals surface area contributed by atoms with Gasteiger partial charge in [0, 0.05) is 6.42 Å². The maximum Gasteiger partial charge on any atom is 0.303 e. The first-order valence-electron chi connectivity index (χ1n) is 8.84. The molecule has 0 aliphatic rings. The van der Waals surface area contributed by atoms with E-state index in [4.69, 9.17) is 5.11 Å². The largest absolute Gasteiger partial charge is 0.481 e. The Morgan fingerprint density at radius 1 is 0.680 bits per heavy atom. The molecule has 25 heavy (non-hydrogen) atoms. The van der Waals surface area contributed by atoms with Gasteiger partial charge in [-0.25, -0.2) is 0 Å². The van der Waals surface area contributed by atoms with E-state index in [1.807, 2.05) is 6.08 Å². The van der Waals surface area contributed by atoms with Crippen LogP contribution in [0.4, 0.5) is 0 Å². The summed E-state index contributed by atoms with van der Waals surface area (Å²) < 4.78 is 0. The Morgan fingerprint density at radius 2 is 1.16 bits per heavy atom. The first-order valence-corrected chi connectivity index (χ1v) is 8.84. The first-order chi connectivity index (χ1) is 12.2. The third-order valence-electron chi connectivity index (χ3n) is 3.11. The van der Waals surface area contributed by atoms with Crippen molar-refractivity contribution in [3.8, 4) is 0 Å². The van der Waals surface area contributed by atoms with Gasteiger partial charge in [0.15, 0.2) is 5.78 Å². The molecule has 0 bridgehead atoms. The molecule has 0 saturated heterocycles. The predicted molar refractivity (Wildman–Crippen MR) is 105 cm³/mol. The number of rotatable bonds is 14. The number of hydrogen-bond acceptors (Lipinski definition) is 2. The Bertz CT molecular complexity index is 531. The molecule has 0 unspecified atom stereocenters. The summed E-state index contributed by atoms with van der Waals surface area (Å²) in [6.07, 6.45) is 28.7. The van der Waals surface area contributed by atoms with Crippen LogP contribution >= 0.6 is 0 Å². The molecule has 0 aliphatic heterocycles. The summed E-state index contributed by atoms with van der Waals surface area (Å²) in [5, 5.41) is 8.47. The van der Waals surface area contributed by atoms with Crippen LogP contribution in [0.2, 0.25) is 0 Å². The van der Waals surface area contributed by atoms with Crippen molar-refractivity contribution in [1.82, 2.24) is 0 Å². The van der Waals surface area contributed by atoms with Crippen LogP contribution in [-0.4, -0.2) is 16.9 Å². The molecule has 3 nitrogen and oxygen atoms in total. The fourth-order valence-corrected chi connectivity index (χ4v) is 1.79. The smallest absolute Gasteiger partial charge is 0.303 e. The summed E-state index contributed by atoms with van der Waals surface area (Å²) in [6.45, 7) is 2.13. The minimum absolute atomic E-state index is 0.0521. The molecule has 0 fully saturated rings. The zero-order valence-corrected chi connectivity index (χ0v) is 15.1. The van der Waals surface area contributed by atoms with Gasteiger partial charge in [-0.3, -0.25) is 9.59 Å². The molecule has 0 aromatic heterocycles. The molecule has 0 rings (SSSR count). The Hall–Kier alpha value is -2.42. The van der Waals surface area contributed by atoms with Gasteiger partial charge in [0.25, 0.3) is 0 Å². The van der Waals surface area contributed by atoms with Gasteiger partial charge >= 0.3 is 5.97 Å². The summed E-state index contributed by atoms with van der Waals surface area (Å²) in [4.78, 5) is 21.6. The molecule has 136 valence electrons. The monoisotopic (exact) mass is 342 g/mol. The average Bonchev–Trinajstić information content (AvgIpc) is 2.59. The molecular formula is C22H30O3. The van der Waals surface area contributed by atoms with Crippen LogP contribution in [0.5, 0.6) is 0 Å². The topological polar surface area (TPSA) is 54.4 Å². The Kier molecular flexibility index (Phi) is 16.2. The van der Waals surface area contributed by atoms with Crippen molar-refractivity contribution in [2.75, 3.05) is 0 Å². The number of carbonyl (C=O) groups excluding carboxylic acids is 1. The number of ketones is 1. The van der Waals surface area contributed by atoms with Crippen molar-refractivity contribution < 1.29 is 14.7 Å². The van der Waals surface area contributed by atoms with Gasteiger partial charge in [-0.1, -0.05) is 73.8 Å². The number of aliphatic carboxylic acids is 1. The van der Waals surface area contributed by atoms with E-state index in [9.17, 15) is 9.59 Å². The van der Waals surface area contributed by atoms with E-state index in [2.05, 4.69) is 55.5 Å². The molecular weight excluding hydrogens is 312 g/mol. The Labute approximate surface area is 151 Å². The molecule has 0 aromatic carbocycles. The quantitative estimate of drug-likeness (QED) is 0.249. The van der Waals surface area contributed by atoms with Crippen molar-refractivity contribution >= 4 is 11.8 Å². The second-order valence-corrected chi connectivity index (χ2v) is 5.38. The molecule has 0 heterocycles. The van der Waals surface area contributed by atoms with Crippen LogP contribution in [0.15, 0.2) is 72.9 Å². The van der Waals surface area contributed by atoms with Gasteiger partial charge in [0.1, 0.15) is 0 Å². The van der Waals surface area contributed by atoms with Gasteiger partial charge in [0.05, 0.1) is 6.42 Å². The normalized spacial score (nSPS) is 12.8. The van der Waals surface area contributed by atoms with E-state index in [1.54, 1.807) is 12.2 Å². The Balaban J connectivity index is 3.68. The van der Waals surface area contributed by atoms with Crippen LogP contribution < -0.4 is 0 Å². The van der Waals surface area contributed by atoms with E-state index < -0.39 is 5.97 Å². The fraction of sp³-hybridized carbons (Fsp3) is 0.364. The number of carboxylic acids is 1. The second kappa shape index (κ2) is 17.9. The molecule has 0 spiro atoms. The van der Waals surface area contributed by atoms with E-state index in [-0.39, 0.29) is 18.6 Å². The maximum atomic E-state index is 11.3. The van der Waals surface area contributed by atoms with Crippen molar-refractivity contribution in [2.24, 2.45) is 0 Å². The lowest BCUT2D eigenvalue weighted by atomic mass is 10.2. The molecule has 0 saturated carbocycles. The fourth-order valence-electron chi connectivity index (χ4n) is 1.79. The maximum absolute atomic E-state index is 11.3. The standard InChI is InChI=1S/C22H30O3/c1-2-3-4-5-6-7-8-9-10-11-12-13-14-15-16-17-18-21(23)19-20-22(24)25/h3-4,6-7,9-10,12-13,15-18H,2,5,8,11,14,19-20H2,1H3,(H,24,25)/b4-3+,7-6+,10-9+,13-12+,16-15+,18-17+. The summed E-state index contributed by atoms with van der Waals surface area (Å²) in [5.74, 6) is -1.11. The van der Waals surface area contributed by atoms with Crippen molar-refractivity contribution in [2.45, 2.75) is 51.9 Å². The lowest BCUT2D eigenvalue weighted by molar-refractivity contribution is -0.138. The third kappa shape index (κ3) is 19.5. The van der Waals surface area contributed by atoms with Crippen LogP contribution in [0.1, 0.15) is 51.9 Å². The highest BCUT2D eigenvalue weighted by Crippen LogP contribution is 1.96. The molecule has 0 radical (unpaired) electrons. The van der Waals surface area contributed by atoms with E-state index in [0.29, 0.717) is 0 Å². The lowest BCUT2D eigenvalue weighted by Gasteiger charge is -1.89. The highest BCUT2D eigenvalue weighted by atomic mass is 16.4. The highest BCUT2D eigenvalue weighted by Gasteiger charge is 2.00. The van der Waals surface area contributed by atoms with Crippen LogP contribution in [-0.2, 0) is 9.59 Å². The average molecular weight is 342 g/mol. The predicted octanol–water partition coefficient (Wildman–Crippen LogP) is 5.73. The van der Waals surface area contributed by atoms with E-state index in [1.165, 1.54) is 6.08 Å². The number of allylic oxidation sites excluding steroid dienone is 12. The van der Waals surface area contributed by atoms with Gasteiger partial charge in [-0.2, -0.15) is 0 Å². The SMILES string of the molecule is CC/C=C/C/C=C/C/C=C/C/C=C/C/C=C/C=C/C(=O)CCC(=O)O. The minimum Gasteiger partial charge on any atom is -0.481 e. The van der Waals surface area contributed by atoms with Gasteiger partial charge < -0.3 is 5.11 Å². The van der Waals surface area contributed by atoms with Crippen LogP contribution in [0.3, 0.4) is 0 Å². The van der Waals surface area contributed by atoms with E-state index in [0.717, 1.165) is 32.1 Å². The van der Waals surface area contributed by atoms with Crippen LogP contribution in [0, 0.1) is 0 Å².